The van der Waals surface area contributed by atoms with Crippen LogP contribution in [-0.4, -0.2) is 28.6 Å². The number of rotatable bonds is 4. The van der Waals surface area contributed by atoms with Crippen LogP contribution in [0.1, 0.15) is 56.5 Å². The predicted octanol–water partition coefficient (Wildman–Crippen LogP) is 2.58. The van der Waals surface area contributed by atoms with Crippen molar-refractivity contribution in [2.45, 2.75) is 70.5 Å². The lowest BCUT2D eigenvalue weighted by molar-refractivity contribution is 0.181. The van der Waals surface area contributed by atoms with Gasteiger partial charge >= 0.3 is 0 Å². The minimum absolute atomic E-state index is 0.643. The summed E-state index contributed by atoms with van der Waals surface area (Å²) in [5, 5.41) is 7.54. The molecule has 1 saturated carbocycles. The smallest absolute Gasteiger partial charge is 0.125 e. The number of aryl methyl sites for hydroxylation is 1. The molecule has 21 heavy (non-hydrogen) atoms. The summed E-state index contributed by atoms with van der Waals surface area (Å²) in [7, 11) is 0. The summed E-state index contributed by atoms with van der Waals surface area (Å²) in [6.45, 7) is 4.04. The highest BCUT2D eigenvalue weighted by molar-refractivity contribution is 5.02. The molecule has 3 unspecified atom stereocenters. The predicted molar refractivity (Wildman–Crippen MR) is 85.0 cm³/mol. The summed E-state index contributed by atoms with van der Waals surface area (Å²) in [6, 6.07) is 3.39. The number of piperidine rings is 1. The molecule has 0 spiro atoms. The first kappa shape index (κ1) is 14.9. The van der Waals surface area contributed by atoms with E-state index in [0.717, 1.165) is 30.0 Å². The fraction of sp³-hybridized carbons (Fsp3) is 0.765. The van der Waals surface area contributed by atoms with Gasteiger partial charge in [0.25, 0.3) is 0 Å². The summed E-state index contributed by atoms with van der Waals surface area (Å²) < 4.78 is 0. The molecule has 4 heteroatoms. The summed E-state index contributed by atoms with van der Waals surface area (Å²) >= 11 is 0. The van der Waals surface area contributed by atoms with Gasteiger partial charge in [-0.25, -0.2) is 9.97 Å². The van der Waals surface area contributed by atoms with Crippen molar-refractivity contribution < 1.29 is 0 Å². The number of nitrogens with one attached hydrogen (secondary N) is 2. The van der Waals surface area contributed by atoms with Gasteiger partial charge < -0.3 is 10.6 Å². The van der Waals surface area contributed by atoms with Crippen molar-refractivity contribution in [3.05, 3.63) is 23.8 Å². The van der Waals surface area contributed by atoms with Gasteiger partial charge in [0.1, 0.15) is 5.82 Å². The molecule has 116 valence electrons. The van der Waals surface area contributed by atoms with E-state index in [1.165, 1.54) is 51.5 Å². The molecule has 3 atom stereocenters. The van der Waals surface area contributed by atoms with Crippen LogP contribution in [0.15, 0.2) is 12.3 Å². The molecule has 2 N–H and O–H groups in total. The molecular formula is C17H28N4. The Labute approximate surface area is 128 Å². The standard InChI is InChI=1S/C17H28N4/c1-13-18-11-9-14(21-13)12-20-17-7-3-2-6-15(17)16-8-4-5-10-19-16/h9,11,15-17,19-20H,2-8,10,12H2,1H3. The Bertz CT molecular complexity index is 442. The van der Waals surface area contributed by atoms with E-state index in [9.17, 15) is 0 Å². The quantitative estimate of drug-likeness (QED) is 0.894. The van der Waals surface area contributed by atoms with Gasteiger partial charge in [0.2, 0.25) is 0 Å². The normalized spacial score (nSPS) is 30.2. The van der Waals surface area contributed by atoms with Crippen LogP contribution in [-0.2, 0) is 6.54 Å². The third kappa shape index (κ3) is 4.01. The summed E-state index contributed by atoms with van der Waals surface area (Å²) in [4.78, 5) is 8.68. The molecule has 3 rings (SSSR count). The Balaban J connectivity index is 1.58. The number of nitrogens with zero attached hydrogens (tertiary/aromatic N) is 2. The van der Waals surface area contributed by atoms with E-state index in [1.54, 1.807) is 0 Å². The van der Waals surface area contributed by atoms with Crippen LogP contribution in [0.5, 0.6) is 0 Å². The van der Waals surface area contributed by atoms with Crippen molar-refractivity contribution in [3.8, 4) is 0 Å². The van der Waals surface area contributed by atoms with E-state index >= 15 is 0 Å². The van der Waals surface area contributed by atoms with Crippen molar-refractivity contribution in [1.29, 1.82) is 0 Å². The average Bonchev–Trinajstić information content (AvgIpc) is 2.54. The monoisotopic (exact) mass is 288 g/mol. The second-order valence-corrected chi connectivity index (χ2v) is 6.59. The van der Waals surface area contributed by atoms with Crippen LogP contribution in [0.4, 0.5) is 0 Å². The Hall–Kier alpha value is -1.00. The number of hydrogen-bond acceptors (Lipinski definition) is 4. The van der Waals surface area contributed by atoms with Gasteiger partial charge in [-0.3, -0.25) is 0 Å². The highest BCUT2D eigenvalue weighted by Gasteiger charge is 2.32. The van der Waals surface area contributed by atoms with E-state index in [-0.39, 0.29) is 0 Å². The van der Waals surface area contributed by atoms with E-state index in [1.807, 2.05) is 19.2 Å². The van der Waals surface area contributed by atoms with E-state index < -0.39 is 0 Å². The van der Waals surface area contributed by atoms with E-state index in [0.29, 0.717) is 6.04 Å². The summed E-state index contributed by atoms with van der Waals surface area (Å²) in [6.07, 6.45) is 11.4. The Morgan fingerprint density at radius 2 is 2.05 bits per heavy atom. The van der Waals surface area contributed by atoms with Crippen molar-refractivity contribution in [1.82, 2.24) is 20.6 Å². The summed E-state index contributed by atoms with van der Waals surface area (Å²) in [5.74, 6) is 1.66. The van der Waals surface area contributed by atoms with Gasteiger partial charge in [-0.1, -0.05) is 19.3 Å². The van der Waals surface area contributed by atoms with Gasteiger partial charge in [0, 0.05) is 24.8 Å². The molecule has 4 nitrogen and oxygen atoms in total. The average molecular weight is 288 g/mol. The molecule has 0 radical (unpaired) electrons. The minimum Gasteiger partial charge on any atom is -0.314 e. The Morgan fingerprint density at radius 1 is 1.19 bits per heavy atom. The Morgan fingerprint density at radius 3 is 2.86 bits per heavy atom. The zero-order valence-corrected chi connectivity index (χ0v) is 13.1. The first-order valence-electron chi connectivity index (χ1n) is 8.58. The third-order valence-corrected chi connectivity index (χ3v) is 5.06. The first-order valence-corrected chi connectivity index (χ1v) is 8.58. The number of hydrogen-bond donors (Lipinski definition) is 2. The minimum atomic E-state index is 0.643. The lowest BCUT2D eigenvalue weighted by atomic mass is 9.77. The second kappa shape index (κ2) is 7.32. The van der Waals surface area contributed by atoms with Crippen LogP contribution in [0.2, 0.25) is 0 Å². The van der Waals surface area contributed by atoms with E-state index in [4.69, 9.17) is 0 Å². The molecular weight excluding hydrogens is 260 g/mol. The molecule has 2 fully saturated rings. The van der Waals surface area contributed by atoms with Crippen molar-refractivity contribution in [2.24, 2.45) is 5.92 Å². The highest BCUT2D eigenvalue weighted by Crippen LogP contribution is 2.30. The zero-order valence-electron chi connectivity index (χ0n) is 13.1. The zero-order chi connectivity index (χ0) is 14.5. The highest BCUT2D eigenvalue weighted by atomic mass is 15.0. The molecule has 2 heterocycles. The SMILES string of the molecule is Cc1nccc(CNC2CCCCC2C2CCCCN2)n1. The van der Waals surface area contributed by atoms with Gasteiger partial charge in [0.15, 0.2) is 0 Å². The fourth-order valence-corrected chi connectivity index (χ4v) is 3.98. The maximum Gasteiger partial charge on any atom is 0.125 e. The lowest BCUT2D eigenvalue weighted by Crippen LogP contribution is -2.50. The largest absolute Gasteiger partial charge is 0.314 e. The molecule has 1 aromatic rings. The molecule has 0 bridgehead atoms. The van der Waals surface area contributed by atoms with Gasteiger partial charge in [0.05, 0.1) is 5.69 Å². The van der Waals surface area contributed by atoms with Gasteiger partial charge in [-0.15, -0.1) is 0 Å². The molecule has 1 saturated heterocycles. The topological polar surface area (TPSA) is 49.8 Å². The van der Waals surface area contributed by atoms with Crippen molar-refractivity contribution in [3.63, 3.8) is 0 Å². The number of aromatic nitrogens is 2. The van der Waals surface area contributed by atoms with Crippen LogP contribution < -0.4 is 10.6 Å². The van der Waals surface area contributed by atoms with Crippen LogP contribution in [0, 0.1) is 12.8 Å². The van der Waals surface area contributed by atoms with Crippen LogP contribution in [0.3, 0.4) is 0 Å². The van der Waals surface area contributed by atoms with Gasteiger partial charge in [-0.2, -0.15) is 0 Å². The fourth-order valence-electron chi connectivity index (χ4n) is 3.98. The van der Waals surface area contributed by atoms with Crippen LogP contribution >= 0.6 is 0 Å². The first-order chi connectivity index (χ1) is 10.3. The molecule has 1 aliphatic heterocycles. The Kier molecular flexibility index (Phi) is 5.20. The maximum atomic E-state index is 4.51. The maximum absolute atomic E-state index is 4.51. The summed E-state index contributed by atoms with van der Waals surface area (Å²) in [5.41, 5.74) is 1.11. The second-order valence-electron chi connectivity index (χ2n) is 6.59. The van der Waals surface area contributed by atoms with Crippen molar-refractivity contribution >= 4 is 0 Å². The molecule has 1 aliphatic carbocycles. The van der Waals surface area contributed by atoms with E-state index in [2.05, 4.69) is 20.6 Å². The van der Waals surface area contributed by atoms with Gasteiger partial charge in [-0.05, 0) is 51.1 Å². The third-order valence-electron chi connectivity index (χ3n) is 5.06. The van der Waals surface area contributed by atoms with Crippen LogP contribution in [0.25, 0.3) is 0 Å². The molecule has 0 aromatic carbocycles. The van der Waals surface area contributed by atoms with Crippen molar-refractivity contribution in [2.75, 3.05) is 6.54 Å². The molecule has 0 amide bonds. The lowest BCUT2D eigenvalue weighted by Gasteiger charge is -2.40. The molecule has 2 aliphatic rings. The molecule has 1 aromatic heterocycles.